The minimum Gasteiger partial charge on any atom is -0.469 e. The van der Waals surface area contributed by atoms with Crippen molar-refractivity contribution in [3.05, 3.63) is 47.5 Å². The van der Waals surface area contributed by atoms with Crippen LogP contribution in [-0.2, 0) is 19.7 Å². The highest BCUT2D eigenvalue weighted by Gasteiger charge is 2.34. The van der Waals surface area contributed by atoms with Crippen LogP contribution in [0.4, 0.5) is 0 Å². The van der Waals surface area contributed by atoms with Crippen LogP contribution in [0.1, 0.15) is 76.3 Å². The molecule has 3 heteroatoms. The van der Waals surface area contributed by atoms with Crippen LogP contribution < -0.4 is 0 Å². The van der Waals surface area contributed by atoms with Crippen molar-refractivity contribution < 1.29 is 14.3 Å². The third-order valence-electron chi connectivity index (χ3n) is 5.34. The molecular formula is C23H32O3. The number of rotatable bonds is 7. The van der Waals surface area contributed by atoms with Crippen molar-refractivity contribution in [3.63, 3.8) is 0 Å². The summed E-state index contributed by atoms with van der Waals surface area (Å²) in [5.74, 6) is 0.640. The molecule has 0 radical (unpaired) electrons. The maximum Gasteiger partial charge on any atom is 0.305 e. The van der Waals surface area contributed by atoms with Gasteiger partial charge in [-0.2, -0.15) is 0 Å². The van der Waals surface area contributed by atoms with E-state index < -0.39 is 0 Å². The minimum absolute atomic E-state index is 0.0901. The predicted octanol–water partition coefficient (Wildman–Crippen LogP) is 5.34. The largest absolute Gasteiger partial charge is 0.469 e. The van der Waals surface area contributed by atoms with Crippen molar-refractivity contribution in [2.75, 3.05) is 7.11 Å². The van der Waals surface area contributed by atoms with Crippen LogP contribution in [0.5, 0.6) is 0 Å². The van der Waals surface area contributed by atoms with E-state index in [1.807, 2.05) is 0 Å². The summed E-state index contributed by atoms with van der Waals surface area (Å²) >= 11 is 0. The van der Waals surface area contributed by atoms with E-state index in [9.17, 15) is 9.59 Å². The molecule has 142 valence electrons. The Kier molecular flexibility index (Phi) is 7.19. The molecule has 3 nitrogen and oxygen atoms in total. The lowest BCUT2D eigenvalue weighted by atomic mass is 9.82. The molecule has 1 aromatic rings. The first-order chi connectivity index (χ1) is 12.3. The van der Waals surface area contributed by atoms with E-state index in [1.54, 1.807) is 0 Å². The lowest BCUT2D eigenvalue weighted by Gasteiger charge is -2.22. The number of esters is 1. The SMILES string of the molecule is COC(=O)CCC/C=C\C[C@H]1C(=O)CC[C@@H]1c1ccc(C(C)(C)C)cc1. The Morgan fingerprint density at radius 3 is 2.50 bits per heavy atom. The summed E-state index contributed by atoms with van der Waals surface area (Å²) in [6, 6.07) is 8.82. The normalized spacial score (nSPS) is 20.7. The number of unbranched alkanes of at least 4 members (excludes halogenated alkanes) is 1. The Bertz CT molecular complexity index is 634. The van der Waals surface area contributed by atoms with Crippen LogP contribution >= 0.6 is 0 Å². The first kappa shape index (κ1) is 20.4. The van der Waals surface area contributed by atoms with Crippen LogP contribution in [0.25, 0.3) is 0 Å². The smallest absolute Gasteiger partial charge is 0.305 e. The molecule has 0 aliphatic heterocycles. The van der Waals surface area contributed by atoms with Gasteiger partial charge in [-0.05, 0) is 48.1 Å². The third-order valence-corrected chi connectivity index (χ3v) is 5.34. The second-order valence-corrected chi connectivity index (χ2v) is 8.27. The molecule has 0 saturated heterocycles. The van der Waals surface area contributed by atoms with E-state index in [4.69, 9.17) is 0 Å². The Morgan fingerprint density at radius 1 is 1.19 bits per heavy atom. The second kappa shape index (κ2) is 9.16. The molecule has 2 rings (SSSR count). The summed E-state index contributed by atoms with van der Waals surface area (Å²) in [4.78, 5) is 23.4. The molecule has 0 bridgehead atoms. The van der Waals surface area contributed by atoms with Crippen molar-refractivity contribution in [1.29, 1.82) is 0 Å². The maximum atomic E-state index is 12.3. The highest BCUT2D eigenvalue weighted by molar-refractivity contribution is 5.84. The molecule has 0 heterocycles. The first-order valence-corrected chi connectivity index (χ1v) is 9.68. The van der Waals surface area contributed by atoms with E-state index in [0.29, 0.717) is 24.5 Å². The van der Waals surface area contributed by atoms with Gasteiger partial charge < -0.3 is 4.74 Å². The highest BCUT2D eigenvalue weighted by Crippen LogP contribution is 2.40. The molecule has 0 amide bonds. The summed E-state index contributed by atoms with van der Waals surface area (Å²) in [6.45, 7) is 6.65. The minimum atomic E-state index is -0.164. The summed E-state index contributed by atoms with van der Waals surface area (Å²) in [6.07, 6.45) is 8.73. The first-order valence-electron chi connectivity index (χ1n) is 9.68. The summed E-state index contributed by atoms with van der Waals surface area (Å²) < 4.78 is 4.64. The fraction of sp³-hybridized carbons (Fsp3) is 0.565. The van der Waals surface area contributed by atoms with Gasteiger partial charge in [0.25, 0.3) is 0 Å². The molecule has 26 heavy (non-hydrogen) atoms. The Morgan fingerprint density at radius 2 is 1.88 bits per heavy atom. The molecular weight excluding hydrogens is 324 g/mol. The number of ether oxygens (including phenoxy) is 1. The molecule has 1 aliphatic rings. The van der Waals surface area contributed by atoms with Crippen LogP contribution in [0.2, 0.25) is 0 Å². The third kappa shape index (κ3) is 5.55. The van der Waals surface area contributed by atoms with Crippen molar-refractivity contribution in [2.24, 2.45) is 5.92 Å². The quantitative estimate of drug-likeness (QED) is 0.376. The van der Waals surface area contributed by atoms with Gasteiger partial charge >= 0.3 is 5.97 Å². The van der Waals surface area contributed by atoms with Crippen LogP contribution in [0.3, 0.4) is 0 Å². The number of Topliss-reactive ketones (excluding diaryl/α,β-unsaturated/α-hetero) is 1. The average molecular weight is 357 g/mol. The Labute approximate surface area is 157 Å². The molecule has 1 fully saturated rings. The van der Waals surface area contributed by atoms with Gasteiger partial charge in [-0.15, -0.1) is 0 Å². The number of benzene rings is 1. The molecule has 0 spiro atoms. The van der Waals surface area contributed by atoms with Crippen molar-refractivity contribution >= 4 is 11.8 Å². The fourth-order valence-electron chi connectivity index (χ4n) is 3.66. The summed E-state index contributed by atoms with van der Waals surface area (Å²) in [7, 11) is 1.41. The molecule has 2 atom stereocenters. The van der Waals surface area contributed by atoms with Gasteiger partial charge in [0.15, 0.2) is 0 Å². The monoisotopic (exact) mass is 356 g/mol. The van der Waals surface area contributed by atoms with Crippen molar-refractivity contribution in [3.8, 4) is 0 Å². The Hall–Kier alpha value is -1.90. The summed E-state index contributed by atoms with van der Waals surface area (Å²) in [5, 5.41) is 0. The zero-order chi connectivity index (χ0) is 19.2. The molecule has 1 saturated carbocycles. The zero-order valence-corrected chi connectivity index (χ0v) is 16.6. The van der Waals surface area contributed by atoms with Gasteiger partial charge in [0.2, 0.25) is 0 Å². The van der Waals surface area contributed by atoms with E-state index in [2.05, 4.69) is 61.9 Å². The number of hydrogen-bond donors (Lipinski definition) is 0. The van der Waals surface area contributed by atoms with Crippen LogP contribution in [0, 0.1) is 5.92 Å². The fourth-order valence-corrected chi connectivity index (χ4v) is 3.66. The number of ketones is 1. The molecule has 1 aromatic carbocycles. The molecule has 0 aromatic heterocycles. The number of hydrogen-bond acceptors (Lipinski definition) is 3. The maximum absolute atomic E-state index is 12.3. The standard InChI is InChI=1S/C23H32O3/c1-23(2,3)18-13-11-17(12-14-18)19-15-16-21(24)20(19)9-7-5-6-8-10-22(25)26-4/h5,7,11-14,19-20H,6,8-10,15-16H2,1-4H3/b7-5-/t19-,20-/m1/s1. The number of carbonyl (C=O) groups is 2. The topological polar surface area (TPSA) is 43.4 Å². The lowest BCUT2D eigenvalue weighted by molar-refractivity contribution is -0.140. The van der Waals surface area contributed by atoms with E-state index in [0.717, 1.165) is 25.7 Å². The zero-order valence-electron chi connectivity index (χ0n) is 16.6. The number of carbonyl (C=O) groups excluding carboxylic acids is 2. The highest BCUT2D eigenvalue weighted by atomic mass is 16.5. The number of methoxy groups -OCH3 is 1. The number of allylic oxidation sites excluding steroid dienone is 2. The van der Waals surface area contributed by atoms with Gasteiger partial charge in [-0.25, -0.2) is 0 Å². The summed E-state index contributed by atoms with van der Waals surface area (Å²) in [5.41, 5.74) is 2.76. The van der Waals surface area contributed by atoms with Crippen LogP contribution in [0.15, 0.2) is 36.4 Å². The molecule has 0 N–H and O–H groups in total. The van der Waals surface area contributed by atoms with Gasteiger partial charge in [0.1, 0.15) is 5.78 Å². The van der Waals surface area contributed by atoms with Gasteiger partial charge in [0, 0.05) is 18.8 Å². The van der Waals surface area contributed by atoms with Gasteiger partial charge in [-0.1, -0.05) is 57.2 Å². The van der Waals surface area contributed by atoms with E-state index >= 15 is 0 Å². The van der Waals surface area contributed by atoms with Gasteiger partial charge in [-0.3, -0.25) is 9.59 Å². The van der Waals surface area contributed by atoms with Crippen LogP contribution in [-0.4, -0.2) is 18.9 Å². The predicted molar refractivity (Wildman–Crippen MR) is 105 cm³/mol. The van der Waals surface area contributed by atoms with E-state index in [-0.39, 0.29) is 17.3 Å². The van der Waals surface area contributed by atoms with E-state index in [1.165, 1.54) is 18.2 Å². The average Bonchev–Trinajstić information content (AvgIpc) is 2.97. The van der Waals surface area contributed by atoms with Gasteiger partial charge in [0.05, 0.1) is 7.11 Å². The van der Waals surface area contributed by atoms with Crippen molar-refractivity contribution in [2.45, 2.75) is 70.6 Å². The Balaban J connectivity index is 1.92. The molecule has 0 unspecified atom stereocenters. The van der Waals surface area contributed by atoms with Crippen molar-refractivity contribution in [1.82, 2.24) is 0 Å². The molecule has 1 aliphatic carbocycles. The lowest BCUT2D eigenvalue weighted by Crippen LogP contribution is -2.14. The second-order valence-electron chi connectivity index (χ2n) is 8.27.